The number of benzene rings is 2. The maximum atomic E-state index is 10.1. The average molecular weight is 286 g/mol. The predicted molar refractivity (Wildman–Crippen MR) is 87.3 cm³/mol. The molecule has 1 N–H and O–H groups in total. The molecular weight excluding hydrogens is 264 g/mol. The van der Waals surface area contributed by atoms with Crippen LogP contribution in [0.3, 0.4) is 0 Å². The monoisotopic (exact) mass is 286 g/mol. The molecule has 1 unspecified atom stereocenters. The van der Waals surface area contributed by atoms with Gasteiger partial charge in [-0.25, -0.2) is 0 Å². The topological polar surface area (TPSA) is 20.2 Å². The maximum absolute atomic E-state index is 10.1. The molecule has 2 heteroatoms. The molecule has 20 heavy (non-hydrogen) atoms. The minimum atomic E-state index is -0.413. The minimum Gasteiger partial charge on any atom is -0.388 e. The Labute approximate surface area is 126 Å². The van der Waals surface area contributed by atoms with Crippen molar-refractivity contribution >= 4 is 11.8 Å². The SMILES string of the molecule is CC(C)(C)c1ccc(SCC(O)c2ccccc2)cc1. The molecule has 0 saturated carbocycles. The molecule has 0 bridgehead atoms. The third-order valence-corrected chi connectivity index (χ3v) is 4.40. The second-order valence-corrected chi connectivity index (χ2v) is 7.11. The van der Waals surface area contributed by atoms with E-state index in [2.05, 4.69) is 45.0 Å². The lowest BCUT2D eigenvalue weighted by molar-refractivity contribution is 0.204. The van der Waals surface area contributed by atoms with Gasteiger partial charge >= 0.3 is 0 Å². The van der Waals surface area contributed by atoms with Gasteiger partial charge in [-0.2, -0.15) is 0 Å². The molecule has 106 valence electrons. The first-order chi connectivity index (χ1) is 9.47. The Morgan fingerprint density at radius 3 is 2.10 bits per heavy atom. The van der Waals surface area contributed by atoms with Gasteiger partial charge in [-0.1, -0.05) is 63.2 Å². The lowest BCUT2D eigenvalue weighted by Crippen LogP contribution is -2.10. The van der Waals surface area contributed by atoms with E-state index in [0.29, 0.717) is 5.75 Å². The first-order valence-corrected chi connectivity index (χ1v) is 7.92. The Kier molecular flexibility index (Phi) is 4.90. The molecule has 1 atom stereocenters. The summed E-state index contributed by atoms with van der Waals surface area (Å²) in [4.78, 5) is 1.20. The second-order valence-electron chi connectivity index (χ2n) is 6.01. The standard InChI is InChI=1S/C18H22OS/c1-18(2,3)15-9-11-16(12-10-15)20-13-17(19)14-7-5-4-6-8-14/h4-12,17,19H,13H2,1-3H3. The summed E-state index contributed by atoms with van der Waals surface area (Å²) in [6, 6.07) is 18.5. The second kappa shape index (κ2) is 6.47. The van der Waals surface area contributed by atoms with Crippen LogP contribution in [0.4, 0.5) is 0 Å². The zero-order valence-electron chi connectivity index (χ0n) is 12.3. The van der Waals surface area contributed by atoms with E-state index in [4.69, 9.17) is 0 Å². The summed E-state index contributed by atoms with van der Waals surface area (Å²) < 4.78 is 0. The maximum Gasteiger partial charge on any atom is 0.0883 e. The summed E-state index contributed by atoms with van der Waals surface area (Å²) in [5.41, 5.74) is 2.50. The van der Waals surface area contributed by atoms with E-state index in [1.807, 2.05) is 30.3 Å². The third kappa shape index (κ3) is 4.12. The molecule has 0 aliphatic rings. The van der Waals surface area contributed by atoms with Crippen LogP contribution < -0.4 is 0 Å². The van der Waals surface area contributed by atoms with Gasteiger partial charge in [0.1, 0.15) is 0 Å². The van der Waals surface area contributed by atoms with E-state index in [1.165, 1.54) is 10.5 Å². The predicted octanol–water partition coefficient (Wildman–Crippen LogP) is 4.81. The lowest BCUT2D eigenvalue weighted by Gasteiger charge is -2.19. The zero-order chi connectivity index (χ0) is 14.6. The largest absolute Gasteiger partial charge is 0.388 e. The quantitative estimate of drug-likeness (QED) is 0.814. The Bertz CT molecular complexity index is 526. The van der Waals surface area contributed by atoms with Crippen LogP contribution in [-0.2, 0) is 5.41 Å². The van der Waals surface area contributed by atoms with Gasteiger partial charge in [0, 0.05) is 10.6 Å². The molecule has 0 amide bonds. The highest BCUT2D eigenvalue weighted by Crippen LogP contribution is 2.28. The molecule has 2 rings (SSSR count). The first kappa shape index (κ1) is 15.1. The number of hydrogen-bond donors (Lipinski definition) is 1. The molecule has 0 fully saturated rings. The van der Waals surface area contributed by atoms with Gasteiger partial charge in [-0.15, -0.1) is 11.8 Å². The summed E-state index contributed by atoms with van der Waals surface area (Å²) in [6.07, 6.45) is -0.413. The number of hydrogen-bond acceptors (Lipinski definition) is 2. The van der Waals surface area contributed by atoms with Gasteiger partial charge in [0.2, 0.25) is 0 Å². The highest BCUT2D eigenvalue weighted by molar-refractivity contribution is 7.99. The van der Waals surface area contributed by atoms with Gasteiger partial charge in [-0.05, 0) is 28.7 Å². The lowest BCUT2D eigenvalue weighted by atomic mass is 9.87. The Morgan fingerprint density at radius 2 is 1.55 bits per heavy atom. The molecular formula is C18H22OS. The van der Waals surface area contributed by atoms with E-state index in [-0.39, 0.29) is 5.41 Å². The average Bonchev–Trinajstić information content (AvgIpc) is 2.45. The van der Waals surface area contributed by atoms with Crippen molar-refractivity contribution in [2.24, 2.45) is 0 Å². The zero-order valence-corrected chi connectivity index (χ0v) is 13.2. The summed E-state index contributed by atoms with van der Waals surface area (Å²) in [7, 11) is 0. The third-order valence-electron chi connectivity index (χ3n) is 3.31. The van der Waals surface area contributed by atoms with Gasteiger partial charge in [0.15, 0.2) is 0 Å². The Morgan fingerprint density at radius 1 is 0.950 bits per heavy atom. The normalized spacial score (nSPS) is 13.2. The smallest absolute Gasteiger partial charge is 0.0883 e. The van der Waals surface area contributed by atoms with Crippen LogP contribution in [0, 0.1) is 0 Å². The van der Waals surface area contributed by atoms with Gasteiger partial charge in [0.25, 0.3) is 0 Å². The van der Waals surface area contributed by atoms with Gasteiger partial charge in [0.05, 0.1) is 6.10 Å². The number of thioether (sulfide) groups is 1. The van der Waals surface area contributed by atoms with Crippen LogP contribution in [0.25, 0.3) is 0 Å². The molecule has 0 aromatic heterocycles. The molecule has 0 aliphatic heterocycles. The van der Waals surface area contributed by atoms with Crippen molar-refractivity contribution in [1.82, 2.24) is 0 Å². The molecule has 2 aromatic carbocycles. The van der Waals surface area contributed by atoms with Crippen LogP contribution in [0.1, 0.15) is 38.0 Å². The fraction of sp³-hybridized carbons (Fsp3) is 0.333. The number of aliphatic hydroxyl groups excluding tert-OH is 1. The van der Waals surface area contributed by atoms with Crippen LogP contribution in [0.15, 0.2) is 59.5 Å². The van der Waals surface area contributed by atoms with E-state index >= 15 is 0 Å². The van der Waals surface area contributed by atoms with Crippen molar-refractivity contribution in [3.63, 3.8) is 0 Å². The summed E-state index contributed by atoms with van der Waals surface area (Å²) >= 11 is 1.69. The molecule has 1 nitrogen and oxygen atoms in total. The Hall–Kier alpha value is -1.25. The van der Waals surface area contributed by atoms with Crippen LogP contribution in [0.5, 0.6) is 0 Å². The number of aliphatic hydroxyl groups is 1. The van der Waals surface area contributed by atoms with Crippen molar-refractivity contribution in [2.75, 3.05) is 5.75 Å². The molecule has 0 radical (unpaired) electrons. The minimum absolute atomic E-state index is 0.187. The highest BCUT2D eigenvalue weighted by Gasteiger charge is 2.13. The van der Waals surface area contributed by atoms with Gasteiger partial charge < -0.3 is 5.11 Å². The fourth-order valence-electron chi connectivity index (χ4n) is 2.00. The number of rotatable bonds is 4. The van der Waals surface area contributed by atoms with E-state index in [1.54, 1.807) is 11.8 Å². The molecule has 0 aliphatic carbocycles. The van der Waals surface area contributed by atoms with Crippen LogP contribution in [0.2, 0.25) is 0 Å². The first-order valence-electron chi connectivity index (χ1n) is 6.93. The molecule has 0 saturated heterocycles. The summed E-state index contributed by atoms with van der Waals surface area (Å²) in [6.45, 7) is 6.65. The van der Waals surface area contributed by atoms with Crippen LogP contribution in [-0.4, -0.2) is 10.9 Å². The van der Waals surface area contributed by atoms with Crippen molar-refractivity contribution in [2.45, 2.75) is 37.2 Å². The summed E-state index contributed by atoms with van der Waals surface area (Å²) in [5, 5.41) is 10.1. The van der Waals surface area contributed by atoms with E-state index in [9.17, 15) is 5.11 Å². The van der Waals surface area contributed by atoms with Gasteiger partial charge in [-0.3, -0.25) is 0 Å². The van der Waals surface area contributed by atoms with Crippen molar-refractivity contribution in [1.29, 1.82) is 0 Å². The Balaban J connectivity index is 1.94. The van der Waals surface area contributed by atoms with Crippen LogP contribution >= 0.6 is 11.8 Å². The highest BCUT2D eigenvalue weighted by atomic mass is 32.2. The molecule has 0 spiro atoms. The fourth-order valence-corrected chi connectivity index (χ4v) is 2.87. The van der Waals surface area contributed by atoms with E-state index < -0.39 is 6.10 Å². The van der Waals surface area contributed by atoms with Crippen molar-refractivity contribution < 1.29 is 5.11 Å². The van der Waals surface area contributed by atoms with E-state index in [0.717, 1.165) is 5.56 Å². The summed E-state index contributed by atoms with van der Waals surface area (Å²) in [5.74, 6) is 0.679. The van der Waals surface area contributed by atoms with Crippen molar-refractivity contribution in [3.05, 3.63) is 65.7 Å². The molecule has 0 heterocycles. The molecule has 2 aromatic rings. The van der Waals surface area contributed by atoms with Crippen molar-refractivity contribution in [3.8, 4) is 0 Å².